The number of imidazole rings is 1. The molecule has 0 aliphatic carbocycles. The molecule has 2 heteroatoms. The van der Waals surface area contributed by atoms with Gasteiger partial charge >= 0.3 is 0 Å². The van der Waals surface area contributed by atoms with Gasteiger partial charge in [0.25, 0.3) is 0 Å². The predicted octanol–water partition coefficient (Wildman–Crippen LogP) is 3.08. The topological polar surface area (TPSA) is 28.7 Å². The van der Waals surface area contributed by atoms with Gasteiger partial charge < -0.3 is 4.98 Å². The Labute approximate surface area is 84.4 Å². The minimum absolute atomic E-state index is 1.04. The fourth-order valence-corrected chi connectivity index (χ4v) is 1.68. The Morgan fingerprint density at radius 1 is 1.29 bits per heavy atom. The average Bonchev–Trinajstić information content (AvgIpc) is 2.59. The zero-order valence-corrected chi connectivity index (χ0v) is 8.80. The molecule has 0 atom stereocenters. The van der Waals surface area contributed by atoms with E-state index in [1.165, 1.54) is 11.1 Å². The fourth-order valence-electron chi connectivity index (χ4n) is 1.68. The van der Waals surface area contributed by atoms with E-state index >= 15 is 0 Å². The van der Waals surface area contributed by atoms with E-state index < -0.39 is 0 Å². The van der Waals surface area contributed by atoms with Gasteiger partial charge in [0.15, 0.2) is 0 Å². The van der Waals surface area contributed by atoms with Crippen molar-refractivity contribution in [3.8, 4) is 0 Å². The number of aromatic amines is 1. The molecule has 0 saturated carbocycles. The largest absolute Gasteiger partial charge is 0.342 e. The van der Waals surface area contributed by atoms with Gasteiger partial charge in [0.1, 0.15) is 5.82 Å². The molecule has 1 aromatic heterocycles. The number of hydrogen-bond donors (Lipinski definition) is 1. The normalized spacial score (nSPS) is 11.0. The van der Waals surface area contributed by atoms with E-state index in [0.29, 0.717) is 0 Å². The Morgan fingerprint density at radius 3 is 2.86 bits per heavy atom. The lowest BCUT2D eigenvalue weighted by molar-refractivity contribution is 0.861. The molecule has 0 bridgehead atoms. The molecule has 0 unspecified atom stereocenters. The lowest BCUT2D eigenvalue weighted by Gasteiger charge is -1.93. The number of nitrogens with one attached hydrogen (secondary N) is 1. The minimum Gasteiger partial charge on any atom is -0.342 e. The molecule has 74 valence electrons. The van der Waals surface area contributed by atoms with Crippen molar-refractivity contribution in [1.29, 1.82) is 0 Å². The van der Waals surface area contributed by atoms with Gasteiger partial charge in [0.05, 0.1) is 11.0 Å². The second kappa shape index (κ2) is 3.82. The molecule has 0 radical (unpaired) electrons. The quantitative estimate of drug-likeness (QED) is 0.787. The third kappa shape index (κ3) is 1.65. The van der Waals surface area contributed by atoms with Crippen LogP contribution in [-0.4, -0.2) is 9.97 Å². The molecule has 1 aromatic carbocycles. The number of fused-ring (bicyclic) bond motifs is 1. The highest BCUT2D eigenvalue weighted by Crippen LogP contribution is 2.14. The number of benzene rings is 1. The van der Waals surface area contributed by atoms with Crippen LogP contribution in [0.2, 0.25) is 0 Å². The van der Waals surface area contributed by atoms with Crippen LogP contribution in [0.5, 0.6) is 0 Å². The summed E-state index contributed by atoms with van der Waals surface area (Å²) in [4.78, 5) is 7.88. The number of aryl methyl sites for hydroxylation is 2. The second-order valence-corrected chi connectivity index (χ2v) is 3.64. The van der Waals surface area contributed by atoms with Gasteiger partial charge in [0, 0.05) is 6.42 Å². The van der Waals surface area contributed by atoms with Crippen LogP contribution in [0.25, 0.3) is 11.0 Å². The van der Waals surface area contributed by atoms with Crippen LogP contribution in [0, 0.1) is 0 Å². The molecule has 2 aromatic rings. The van der Waals surface area contributed by atoms with Crippen molar-refractivity contribution in [1.82, 2.24) is 9.97 Å². The summed E-state index contributed by atoms with van der Waals surface area (Å²) >= 11 is 0. The van der Waals surface area contributed by atoms with Crippen LogP contribution < -0.4 is 0 Å². The summed E-state index contributed by atoms with van der Waals surface area (Å²) in [5, 5.41) is 0. The molecule has 0 aliphatic heterocycles. The Hall–Kier alpha value is -1.31. The van der Waals surface area contributed by atoms with Gasteiger partial charge in [-0.3, -0.25) is 0 Å². The van der Waals surface area contributed by atoms with E-state index in [0.717, 1.165) is 30.6 Å². The first-order chi connectivity index (χ1) is 6.83. The smallest absolute Gasteiger partial charge is 0.107 e. The molecule has 0 spiro atoms. The SMILES string of the molecule is CCCc1nc2ccc(CC)cc2[nH]1. The van der Waals surface area contributed by atoms with Gasteiger partial charge in [-0.15, -0.1) is 0 Å². The Balaban J connectivity index is 2.43. The number of nitrogens with zero attached hydrogens (tertiary/aromatic N) is 1. The van der Waals surface area contributed by atoms with E-state index in [-0.39, 0.29) is 0 Å². The molecular weight excluding hydrogens is 172 g/mol. The highest BCUT2D eigenvalue weighted by molar-refractivity contribution is 5.75. The van der Waals surface area contributed by atoms with Gasteiger partial charge in [0.2, 0.25) is 0 Å². The van der Waals surface area contributed by atoms with Crippen LogP contribution in [0.4, 0.5) is 0 Å². The van der Waals surface area contributed by atoms with Crippen LogP contribution in [-0.2, 0) is 12.8 Å². The summed E-state index contributed by atoms with van der Waals surface area (Å²) in [6.45, 7) is 4.34. The third-order valence-electron chi connectivity index (χ3n) is 2.49. The lowest BCUT2D eigenvalue weighted by atomic mass is 10.1. The first-order valence-electron chi connectivity index (χ1n) is 5.31. The van der Waals surface area contributed by atoms with Crippen molar-refractivity contribution in [3.05, 3.63) is 29.6 Å². The van der Waals surface area contributed by atoms with Crippen LogP contribution >= 0.6 is 0 Å². The summed E-state index contributed by atoms with van der Waals surface area (Å²) in [5.41, 5.74) is 3.63. The maximum absolute atomic E-state index is 4.52. The number of rotatable bonds is 3. The van der Waals surface area contributed by atoms with Crippen LogP contribution in [0.1, 0.15) is 31.7 Å². The molecule has 14 heavy (non-hydrogen) atoms. The van der Waals surface area contributed by atoms with E-state index in [1.54, 1.807) is 0 Å². The maximum atomic E-state index is 4.52. The van der Waals surface area contributed by atoms with Crippen molar-refractivity contribution < 1.29 is 0 Å². The van der Waals surface area contributed by atoms with E-state index in [2.05, 4.69) is 42.0 Å². The molecule has 1 N–H and O–H groups in total. The minimum atomic E-state index is 1.04. The maximum Gasteiger partial charge on any atom is 0.107 e. The molecule has 0 saturated heterocycles. The summed E-state index contributed by atoms with van der Waals surface area (Å²) in [6, 6.07) is 6.45. The average molecular weight is 188 g/mol. The molecule has 0 fully saturated rings. The Morgan fingerprint density at radius 2 is 2.14 bits per heavy atom. The van der Waals surface area contributed by atoms with Crippen molar-refractivity contribution in [3.63, 3.8) is 0 Å². The zero-order valence-electron chi connectivity index (χ0n) is 8.80. The molecule has 0 amide bonds. The summed E-state index contributed by atoms with van der Waals surface area (Å²) < 4.78 is 0. The van der Waals surface area contributed by atoms with Crippen LogP contribution in [0.15, 0.2) is 18.2 Å². The van der Waals surface area contributed by atoms with E-state index in [4.69, 9.17) is 0 Å². The van der Waals surface area contributed by atoms with Gasteiger partial charge in [-0.05, 0) is 30.5 Å². The molecule has 2 nitrogen and oxygen atoms in total. The first-order valence-corrected chi connectivity index (χ1v) is 5.31. The Bertz CT molecular complexity index is 429. The summed E-state index contributed by atoms with van der Waals surface area (Å²) in [7, 11) is 0. The third-order valence-corrected chi connectivity index (χ3v) is 2.49. The number of aromatic nitrogens is 2. The van der Waals surface area contributed by atoms with Crippen LogP contribution in [0.3, 0.4) is 0 Å². The molecule has 2 rings (SSSR count). The monoisotopic (exact) mass is 188 g/mol. The Kier molecular flexibility index (Phi) is 2.53. The summed E-state index contributed by atoms with van der Waals surface area (Å²) in [6.07, 6.45) is 3.26. The van der Waals surface area contributed by atoms with Crippen molar-refractivity contribution in [2.75, 3.05) is 0 Å². The van der Waals surface area contributed by atoms with Crippen molar-refractivity contribution in [2.24, 2.45) is 0 Å². The van der Waals surface area contributed by atoms with Gasteiger partial charge in [-0.1, -0.05) is 19.9 Å². The number of hydrogen-bond acceptors (Lipinski definition) is 1. The predicted molar refractivity (Wildman–Crippen MR) is 59.5 cm³/mol. The van der Waals surface area contributed by atoms with Gasteiger partial charge in [-0.2, -0.15) is 0 Å². The highest BCUT2D eigenvalue weighted by atomic mass is 14.9. The van der Waals surface area contributed by atoms with Gasteiger partial charge in [-0.25, -0.2) is 4.98 Å². The highest BCUT2D eigenvalue weighted by Gasteiger charge is 2.01. The molecule has 1 heterocycles. The standard InChI is InChI=1S/C12H16N2/c1-3-5-12-13-10-7-6-9(4-2)8-11(10)14-12/h6-8H,3-5H2,1-2H3,(H,13,14). The van der Waals surface area contributed by atoms with E-state index in [9.17, 15) is 0 Å². The zero-order chi connectivity index (χ0) is 9.97. The second-order valence-electron chi connectivity index (χ2n) is 3.64. The first kappa shape index (κ1) is 9.25. The molecular formula is C12H16N2. The number of H-pyrrole nitrogens is 1. The van der Waals surface area contributed by atoms with Crippen molar-refractivity contribution >= 4 is 11.0 Å². The lowest BCUT2D eigenvalue weighted by Crippen LogP contribution is -1.83. The molecule has 0 aliphatic rings. The van der Waals surface area contributed by atoms with E-state index in [1.807, 2.05) is 0 Å². The summed E-state index contributed by atoms with van der Waals surface area (Å²) in [5.74, 6) is 1.11. The fraction of sp³-hybridized carbons (Fsp3) is 0.417. The van der Waals surface area contributed by atoms with Crippen molar-refractivity contribution in [2.45, 2.75) is 33.1 Å².